The van der Waals surface area contributed by atoms with E-state index in [-0.39, 0.29) is 0 Å². The van der Waals surface area contributed by atoms with Crippen LogP contribution in [0.25, 0.3) is 0 Å². The molecule has 1 aromatic heterocycles. The van der Waals surface area contributed by atoms with Crippen molar-refractivity contribution in [2.24, 2.45) is 0 Å². The maximum absolute atomic E-state index is 4.65. The van der Waals surface area contributed by atoms with Crippen LogP contribution in [0.15, 0.2) is 30.3 Å². The summed E-state index contributed by atoms with van der Waals surface area (Å²) < 4.78 is 0. The minimum absolute atomic E-state index is 0.332. The highest BCUT2D eigenvalue weighted by Crippen LogP contribution is 2.39. The van der Waals surface area contributed by atoms with Crippen molar-refractivity contribution in [3.8, 4) is 0 Å². The summed E-state index contributed by atoms with van der Waals surface area (Å²) >= 11 is 0. The zero-order chi connectivity index (χ0) is 15.5. The Labute approximate surface area is 132 Å². The van der Waals surface area contributed by atoms with Crippen LogP contribution < -0.4 is 10.6 Å². The fourth-order valence-electron chi connectivity index (χ4n) is 2.46. The highest BCUT2D eigenvalue weighted by Gasteiger charge is 2.26. The molecule has 0 spiro atoms. The van der Waals surface area contributed by atoms with Crippen LogP contribution in [0.1, 0.15) is 49.4 Å². The first-order chi connectivity index (χ1) is 10.6. The lowest BCUT2D eigenvalue weighted by atomic mass is 10.1. The van der Waals surface area contributed by atoms with Crippen molar-refractivity contribution >= 4 is 11.8 Å². The second kappa shape index (κ2) is 6.34. The van der Waals surface area contributed by atoms with Gasteiger partial charge in [0.05, 0.1) is 5.69 Å². The Morgan fingerprint density at radius 3 is 2.64 bits per heavy atom. The number of aromatic nitrogens is 2. The number of aryl methyl sites for hydroxylation is 1. The largest absolute Gasteiger partial charge is 0.366 e. The van der Waals surface area contributed by atoms with Crippen LogP contribution >= 0.6 is 0 Å². The van der Waals surface area contributed by atoms with Gasteiger partial charge in [-0.3, -0.25) is 0 Å². The number of benzene rings is 1. The van der Waals surface area contributed by atoms with Crippen LogP contribution in [0, 0.1) is 6.92 Å². The number of nitrogens with one attached hydrogen (secondary N) is 2. The van der Waals surface area contributed by atoms with Gasteiger partial charge in [0.15, 0.2) is 0 Å². The highest BCUT2D eigenvalue weighted by molar-refractivity contribution is 5.45. The van der Waals surface area contributed by atoms with Gasteiger partial charge in [-0.25, -0.2) is 4.98 Å². The molecule has 1 aliphatic carbocycles. The van der Waals surface area contributed by atoms with E-state index in [0.717, 1.165) is 24.0 Å². The molecule has 0 unspecified atom stereocenters. The molecular formula is C18H24N4. The lowest BCUT2D eigenvalue weighted by Gasteiger charge is -2.13. The molecule has 0 bridgehead atoms. The maximum Gasteiger partial charge on any atom is 0.225 e. The van der Waals surface area contributed by atoms with Crippen LogP contribution in [0.2, 0.25) is 0 Å². The van der Waals surface area contributed by atoms with E-state index in [0.29, 0.717) is 12.0 Å². The molecule has 22 heavy (non-hydrogen) atoms. The third kappa shape index (κ3) is 3.75. The van der Waals surface area contributed by atoms with Gasteiger partial charge in [0.2, 0.25) is 5.95 Å². The molecule has 0 aliphatic heterocycles. The predicted molar refractivity (Wildman–Crippen MR) is 91.3 cm³/mol. The third-order valence-electron chi connectivity index (χ3n) is 3.88. The first-order valence-electron chi connectivity index (χ1n) is 8.05. The lowest BCUT2D eigenvalue weighted by Crippen LogP contribution is -2.14. The molecule has 4 nitrogen and oxygen atoms in total. The van der Waals surface area contributed by atoms with E-state index >= 15 is 0 Å². The van der Waals surface area contributed by atoms with E-state index in [9.17, 15) is 0 Å². The SMILES string of the molecule is Cc1ccccc1CNc1cc(C2CC2)nc(NC(C)C)n1. The topological polar surface area (TPSA) is 49.8 Å². The second-order valence-electron chi connectivity index (χ2n) is 6.36. The number of hydrogen-bond acceptors (Lipinski definition) is 4. The molecule has 0 radical (unpaired) electrons. The van der Waals surface area contributed by atoms with Gasteiger partial charge in [0.1, 0.15) is 5.82 Å². The quantitative estimate of drug-likeness (QED) is 0.843. The zero-order valence-corrected chi connectivity index (χ0v) is 13.6. The van der Waals surface area contributed by atoms with Crippen molar-refractivity contribution in [3.05, 3.63) is 47.2 Å². The average molecular weight is 296 g/mol. The Bertz CT molecular complexity index is 647. The highest BCUT2D eigenvalue weighted by atomic mass is 15.2. The van der Waals surface area contributed by atoms with Crippen LogP contribution in [-0.2, 0) is 6.54 Å². The maximum atomic E-state index is 4.65. The van der Waals surface area contributed by atoms with Crippen molar-refractivity contribution in [1.29, 1.82) is 0 Å². The number of anilines is 2. The molecule has 1 heterocycles. The van der Waals surface area contributed by atoms with Crippen molar-refractivity contribution in [3.63, 3.8) is 0 Å². The predicted octanol–water partition coefficient (Wildman–Crippen LogP) is 4.09. The van der Waals surface area contributed by atoms with Gasteiger partial charge < -0.3 is 10.6 Å². The number of nitrogens with zero attached hydrogens (tertiary/aromatic N) is 2. The molecule has 0 atom stereocenters. The van der Waals surface area contributed by atoms with Crippen molar-refractivity contribution in [1.82, 2.24) is 9.97 Å². The van der Waals surface area contributed by atoms with Crippen molar-refractivity contribution in [2.45, 2.75) is 52.1 Å². The second-order valence-corrected chi connectivity index (χ2v) is 6.36. The van der Waals surface area contributed by atoms with Gasteiger partial charge in [-0.15, -0.1) is 0 Å². The van der Waals surface area contributed by atoms with Gasteiger partial charge in [0.25, 0.3) is 0 Å². The normalized spacial score (nSPS) is 14.2. The van der Waals surface area contributed by atoms with E-state index in [4.69, 9.17) is 0 Å². The molecule has 4 heteroatoms. The van der Waals surface area contributed by atoms with E-state index in [2.05, 4.69) is 71.7 Å². The molecule has 2 N–H and O–H groups in total. The average Bonchev–Trinajstić information content (AvgIpc) is 3.30. The van der Waals surface area contributed by atoms with E-state index in [1.54, 1.807) is 0 Å². The minimum atomic E-state index is 0.332. The number of rotatable bonds is 6. The van der Waals surface area contributed by atoms with Crippen LogP contribution in [0.4, 0.5) is 11.8 Å². The summed E-state index contributed by atoms with van der Waals surface area (Å²) in [4.78, 5) is 9.24. The smallest absolute Gasteiger partial charge is 0.225 e. The fourth-order valence-corrected chi connectivity index (χ4v) is 2.46. The molecule has 0 amide bonds. The van der Waals surface area contributed by atoms with Crippen LogP contribution in [0.3, 0.4) is 0 Å². The van der Waals surface area contributed by atoms with Gasteiger partial charge in [-0.1, -0.05) is 24.3 Å². The third-order valence-corrected chi connectivity index (χ3v) is 3.88. The summed E-state index contributed by atoms with van der Waals surface area (Å²) in [5, 5.41) is 6.76. The molecule has 0 saturated heterocycles. The Balaban J connectivity index is 1.77. The van der Waals surface area contributed by atoms with Gasteiger partial charge >= 0.3 is 0 Å². The monoisotopic (exact) mass is 296 g/mol. The summed E-state index contributed by atoms with van der Waals surface area (Å²) in [6.07, 6.45) is 2.49. The number of hydrogen-bond donors (Lipinski definition) is 2. The standard InChI is InChI=1S/C18H24N4/c1-12(2)20-18-21-16(14-8-9-14)10-17(22-18)19-11-15-7-5-4-6-13(15)3/h4-7,10,12,14H,8-9,11H2,1-3H3,(H2,19,20,21,22). The van der Waals surface area contributed by atoms with Crippen LogP contribution in [-0.4, -0.2) is 16.0 Å². The molecule has 1 saturated carbocycles. The molecule has 1 aromatic carbocycles. The first-order valence-corrected chi connectivity index (χ1v) is 8.05. The molecule has 116 valence electrons. The van der Waals surface area contributed by atoms with E-state index in [1.165, 1.54) is 24.0 Å². The molecular weight excluding hydrogens is 272 g/mol. The lowest BCUT2D eigenvalue weighted by molar-refractivity contribution is 0.862. The van der Waals surface area contributed by atoms with Crippen molar-refractivity contribution < 1.29 is 0 Å². The van der Waals surface area contributed by atoms with Crippen molar-refractivity contribution in [2.75, 3.05) is 10.6 Å². The molecule has 2 aromatic rings. The summed E-state index contributed by atoms with van der Waals surface area (Å²) in [7, 11) is 0. The van der Waals surface area contributed by atoms with Gasteiger partial charge in [-0.2, -0.15) is 4.98 Å². The zero-order valence-electron chi connectivity index (χ0n) is 13.6. The van der Waals surface area contributed by atoms with E-state index < -0.39 is 0 Å². The Hall–Kier alpha value is -2.10. The molecule has 3 rings (SSSR count). The Kier molecular flexibility index (Phi) is 4.27. The van der Waals surface area contributed by atoms with Gasteiger partial charge in [0, 0.05) is 24.6 Å². The Morgan fingerprint density at radius 2 is 1.95 bits per heavy atom. The summed E-state index contributed by atoms with van der Waals surface area (Å²) in [6.45, 7) is 7.13. The van der Waals surface area contributed by atoms with Gasteiger partial charge in [-0.05, 0) is 44.7 Å². The summed E-state index contributed by atoms with van der Waals surface area (Å²) in [5.41, 5.74) is 3.75. The molecule has 1 fully saturated rings. The van der Waals surface area contributed by atoms with E-state index in [1.807, 2.05) is 0 Å². The van der Waals surface area contributed by atoms with Crippen LogP contribution in [0.5, 0.6) is 0 Å². The fraction of sp³-hybridized carbons (Fsp3) is 0.444. The minimum Gasteiger partial charge on any atom is -0.366 e. The summed E-state index contributed by atoms with van der Waals surface area (Å²) in [5.74, 6) is 2.25. The molecule has 1 aliphatic rings. The first kappa shape index (κ1) is 14.8. The summed E-state index contributed by atoms with van der Waals surface area (Å²) in [6, 6.07) is 10.9. The Morgan fingerprint density at radius 1 is 1.18 bits per heavy atom.